The summed E-state index contributed by atoms with van der Waals surface area (Å²) in [6, 6.07) is 2.92. The molecule has 9 heteroatoms. The normalized spacial score (nSPS) is 17.5. The van der Waals surface area contributed by atoms with Crippen LogP contribution in [0, 0.1) is 11.6 Å². The number of rotatable bonds is 8. The number of hydrogen-bond donors (Lipinski definition) is 3. The maximum absolute atomic E-state index is 13.8. The van der Waals surface area contributed by atoms with Gasteiger partial charge in [-0.25, -0.2) is 14.2 Å². The smallest absolute Gasteiger partial charge is 0.233 e. The fourth-order valence-electron chi connectivity index (χ4n) is 2.97. The highest BCUT2D eigenvalue weighted by Crippen LogP contribution is 2.15. The molecule has 1 amide bonds. The highest BCUT2D eigenvalue weighted by atomic mass is 19.2. The average molecular weight is 370 g/mol. The van der Waals surface area contributed by atoms with Crippen LogP contribution in [-0.2, 0) is 16.1 Å². The number of piperazine rings is 1. The first-order valence-electron chi connectivity index (χ1n) is 8.48. The van der Waals surface area contributed by atoms with E-state index in [4.69, 9.17) is 0 Å². The van der Waals surface area contributed by atoms with E-state index in [1.807, 2.05) is 0 Å². The number of aliphatic hydroxyl groups excluding tert-OH is 1. The molecule has 1 heterocycles. The fraction of sp³-hybridized carbons (Fsp3) is 0.529. The molecule has 1 aliphatic heterocycles. The van der Waals surface area contributed by atoms with Crippen LogP contribution in [0.25, 0.3) is 0 Å². The minimum atomic E-state index is -1.06. The van der Waals surface area contributed by atoms with E-state index in [2.05, 4.69) is 10.7 Å². The summed E-state index contributed by atoms with van der Waals surface area (Å²) in [7, 11) is 0. The van der Waals surface area contributed by atoms with Crippen molar-refractivity contribution in [1.29, 1.82) is 0 Å². The summed E-state index contributed by atoms with van der Waals surface area (Å²) < 4.78 is 27.1. The number of carbonyl (C=O) groups is 2. The van der Waals surface area contributed by atoms with Gasteiger partial charge in [0.2, 0.25) is 5.91 Å². The fourth-order valence-corrected chi connectivity index (χ4v) is 2.97. The number of hydrazine groups is 1. The van der Waals surface area contributed by atoms with Crippen molar-refractivity contribution in [2.24, 2.45) is 0 Å². The van der Waals surface area contributed by atoms with Crippen LogP contribution in [0.3, 0.4) is 0 Å². The van der Waals surface area contributed by atoms with Gasteiger partial charge in [0.25, 0.3) is 0 Å². The van der Waals surface area contributed by atoms with E-state index in [9.17, 15) is 23.5 Å². The summed E-state index contributed by atoms with van der Waals surface area (Å²) in [4.78, 5) is 24.9. The molecule has 144 valence electrons. The van der Waals surface area contributed by atoms with E-state index in [0.717, 1.165) is 11.1 Å². The Hall–Kier alpha value is -1.94. The highest BCUT2D eigenvalue weighted by molar-refractivity contribution is 5.73. The third-order valence-corrected chi connectivity index (χ3v) is 4.35. The lowest BCUT2D eigenvalue weighted by Crippen LogP contribution is -2.60. The molecule has 0 saturated carbocycles. The molecular formula is C17H24F2N4O3. The first kappa shape index (κ1) is 20.4. The molecule has 0 aromatic heterocycles. The van der Waals surface area contributed by atoms with Crippen molar-refractivity contribution in [3.8, 4) is 0 Å². The second-order valence-electron chi connectivity index (χ2n) is 6.11. The van der Waals surface area contributed by atoms with Crippen molar-refractivity contribution < 1.29 is 23.5 Å². The van der Waals surface area contributed by atoms with Gasteiger partial charge in [-0.15, -0.1) is 0 Å². The zero-order chi connectivity index (χ0) is 19.1. The van der Waals surface area contributed by atoms with Crippen LogP contribution < -0.4 is 10.7 Å². The quantitative estimate of drug-likeness (QED) is 0.441. The number of nitrogens with zero attached hydrogens (tertiary/aromatic N) is 2. The molecular weight excluding hydrogens is 346 g/mol. The summed E-state index contributed by atoms with van der Waals surface area (Å²) >= 11 is 0. The van der Waals surface area contributed by atoms with Gasteiger partial charge in [-0.3, -0.25) is 14.7 Å². The third-order valence-electron chi connectivity index (χ3n) is 4.35. The van der Waals surface area contributed by atoms with E-state index in [1.165, 1.54) is 19.1 Å². The third kappa shape index (κ3) is 5.04. The van der Waals surface area contributed by atoms with Gasteiger partial charge in [0, 0.05) is 51.6 Å². The van der Waals surface area contributed by atoms with Crippen LogP contribution in [0.15, 0.2) is 18.2 Å². The number of nitrogens with one attached hydrogen (secondary N) is 2. The molecule has 0 bridgehead atoms. The molecule has 2 atom stereocenters. The first-order valence-corrected chi connectivity index (χ1v) is 8.48. The van der Waals surface area contributed by atoms with Gasteiger partial charge in [-0.1, -0.05) is 12.1 Å². The van der Waals surface area contributed by atoms with Gasteiger partial charge in [0.05, 0.1) is 6.04 Å². The summed E-state index contributed by atoms with van der Waals surface area (Å²) in [5.74, 6) is -2.43. The van der Waals surface area contributed by atoms with E-state index < -0.39 is 29.8 Å². The Labute approximate surface area is 150 Å². The Balaban J connectivity index is 2.13. The highest BCUT2D eigenvalue weighted by Gasteiger charge is 2.32. The molecule has 1 saturated heterocycles. The van der Waals surface area contributed by atoms with E-state index >= 15 is 0 Å². The molecule has 1 fully saturated rings. The van der Waals surface area contributed by atoms with Crippen LogP contribution in [0.1, 0.15) is 18.9 Å². The van der Waals surface area contributed by atoms with Crippen LogP contribution in [0.4, 0.5) is 8.78 Å². The number of halogens is 2. The molecule has 0 aliphatic carbocycles. The Kier molecular flexibility index (Phi) is 7.58. The summed E-state index contributed by atoms with van der Waals surface area (Å²) in [5.41, 5.74) is 2.76. The minimum absolute atomic E-state index is 0.0396. The Bertz CT molecular complexity index is 626. The van der Waals surface area contributed by atoms with Crippen molar-refractivity contribution in [3.05, 3.63) is 35.4 Å². The van der Waals surface area contributed by atoms with Gasteiger partial charge >= 0.3 is 0 Å². The van der Waals surface area contributed by atoms with Crippen molar-refractivity contribution in [3.63, 3.8) is 0 Å². The molecule has 7 nitrogen and oxygen atoms in total. The molecule has 1 aromatic rings. The molecule has 1 aromatic carbocycles. The predicted molar refractivity (Wildman–Crippen MR) is 90.6 cm³/mol. The van der Waals surface area contributed by atoms with Crippen molar-refractivity contribution in [2.45, 2.75) is 32.2 Å². The molecule has 0 spiro atoms. The lowest BCUT2D eigenvalue weighted by atomic mass is 10.1. The summed E-state index contributed by atoms with van der Waals surface area (Å²) in [5, 5.41) is 14.9. The topological polar surface area (TPSA) is 84.9 Å². The number of aldehydes is 1. The second-order valence-corrected chi connectivity index (χ2v) is 6.11. The number of amides is 1. The standard InChI is InChI=1S/C17H24F2N4O3/c1-12(25)23(21-11-13-3-2-4-14(18)16(13)19)15(5-10-24)17(26)22-8-6-20-7-9-22/h2-4,10,15,17,20-21,26H,5-9,11H2,1H3/t15-,17?/m0/s1. The molecule has 1 unspecified atom stereocenters. The molecule has 0 radical (unpaired) electrons. The SMILES string of the molecule is CC(=O)N(NCc1cccc(F)c1F)[C@@H](CC=O)C(O)N1CCNCC1. The second kappa shape index (κ2) is 9.67. The monoisotopic (exact) mass is 370 g/mol. The van der Waals surface area contributed by atoms with Crippen LogP contribution >= 0.6 is 0 Å². The number of hydrogen-bond acceptors (Lipinski definition) is 6. The number of benzene rings is 1. The summed E-state index contributed by atoms with van der Waals surface area (Å²) in [6.07, 6.45) is -0.532. The maximum atomic E-state index is 13.8. The molecule has 3 N–H and O–H groups in total. The van der Waals surface area contributed by atoms with Crippen LogP contribution in [0.5, 0.6) is 0 Å². The lowest BCUT2D eigenvalue weighted by Gasteiger charge is -2.40. The molecule has 2 rings (SSSR count). The van der Waals surface area contributed by atoms with E-state index in [-0.39, 0.29) is 18.5 Å². The van der Waals surface area contributed by atoms with Gasteiger partial charge in [-0.2, -0.15) is 0 Å². The van der Waals surface area contributed by atoms with Gasteiger partial charge in [0.1, 0.15) is 12.5 Å². The maximum Gasteiger partial charge on any atom is 0.233 e. The Morgan fingerprint density at radius 2 is 2.12 bits per heavy atom. The number of aliphatic hydroxyl groups is 1. The number of carbonyl (C=O) groups excluding carboxylic acids is 2. The average Bonchev–Trinajstić information content (AvgIpc) is 2.64. The minimum Gasteiger partial charge on any atom is -0.376 e. The first-order chi connectivity index (χ1) is 12.5. The predicted octanol–water partition coefficient (Wildman–Crippen LogP) is -0.000900. The van der Waals surface area contributed by atoms with Crippen LogP contribution in [0.2, 0.25) is 0 Å². The van der Waals surface area contributed by atoms with Gasteiger partial charge in [-0.05, 0) is 6.07 Å². The van der Waals surface area contributed by atoms with Crippen molar-refractivity contribution in [2.75, 3.05) is 26.2 Å². The lowest BCUT2D eigenvalue weighted by molar-refractivity contribution is -0.146. The molecule has 1 aliphatic rings. The van der Waals surface area contributed by atoms with Crippen LogP contribution in [-0.4, -0.2) is 65.7 Å². The largest absolute Gasteiger partial charge is 0.376 e. The van der Waals surface area contributed by atoms with E-state index in [1.54, 1.807) is 4.90 Å². The van der Waals surface area contributed by atoms with Gasteiger partial charge < -0.3 is 15.2 Å². The van der Waals surface area contributed by atoms with E-state index in [0.29, 0.717) is 32.5 Å². The summed E-state index contributed by atoms with van der Waals surface area (Å²) in [6.45, 7) is 3.63. The Morgan fingerprint density at radius 1 is 1.42 bits per heavy atom. The zero-order valence-electron chi connectivity index (χ0n) is 14.6. The zero-order valence-corrected chi connectivity index (χ0v) is 14.6. The van der Waals surface area contributed by atoms with Gasteiger partial charge in [0.15, 0.2) is 11.6 Å². The molecule has 26 heavy (non-hydrogen) atoms. The van der Waals surface area contributed by atoms with Crippen molar-refractivity contribution >= 4 is 12.2 Å². The Morgan fingerprint density at radius 3 is 2.73 bits per heavy atom. The van der Waals surface area contributed by atoms with Crippen molar-refractivity contribution in [1.82, 2.24) is 20.7 Å².